The summed E-state index contributed by atoms with van der Waals surface area (Å²) in [6, 6.07) is 20.0. The van der Waals surface area contributed by atoms with E-state index in [9.17, 15) is 9.59 Å². The lowest BCUT2D eigenvalue weighted by atomic mass is 9.97. The first-order valence-corrected chi connectivity index (χ1v) is 10.4. The highest BCUT2D eigenvalue weighted by atomic mass is 16.5. The average molecular weight is 444 g/mol. The molecule has 0 spiro atoms. The molecule has 9 nitrogen and oxygen atoms in total. The number of urea groups is 1. The lowest BCUT2D eigenvalue weighted by Gasteiger charge is -2.19. The fourth-order valence-electron chi connectivity index (χ4n) is 3.64. The maximum atomic E-state index is 12.8. The smallest absolute Gasteiger partial charge is 0.322 e. The van der Waals surface area contributed by atoms with Gasteiger partial charge in [0.2, 0.25) is 11.9 Å². The molecule has 0 saturated heterocycles. The number of nitrogens with zero attached hydrogens (tertiary/aromatic N) is 4. The van der Waals surface area contributed by atoms with E-state index in [0.29, 0.717) is 11.4 Å². The molecule has 0 aliphatic carbocycles. The van der Waals surface area contributed by atoms with E-state index in [4.69, 9.17) is 10.5 Å². The van der Waals surface area contributed by atoms with E-state index in [1.165, 1.54) is 0 Å². The third-order valence-corrected chi connectivity index (χ3v) is 5.08. The van der Waals surface area contributed by atoms with Crippen LogP contribution in [0.1, 0.15) is 34.7 Å². The number of ether oxygens (including phenoxy) is 1. The molecule has 2 heterocycles. The fourth-order valence-corrected chi connectivity index (χ4v) is 3.64. The third kappa shape index (κ3) is 5.15. The second kappa shape index (κ2) is 9.47. The number of carbonyl (C=O) groups is 2. The van der Waals surface area contributed by atoms with Gasteiger partial charge in [0, 0.05) is 11.4 Å². The Hall–Kier alpha value is -4.27. The summed E-state index contributed by atoms with van der Waals surface area (Å²) in [5.41, 5.74) is 8.69. The summed E-state index contributed by atoms with van der Waals surface area (Å²) in [6.45, 7) is 3.16. The van der Waals surface area contributed by atoms with Gasteiger partial charge < -0.3 is 10.5 Å². The van der Waals surface area contributed by atoms with Crippen LogP contribution in [-0.4, -0.2) is 34.5 Å². The maximum absolute atomic E-state index is 12.8. The standard InChI is InChI=1S/C24H24N6O3/c1-15-13-16(2)27-23(26-15)30(22(25)32)14-19(31)28-24-29-20(17-9-5-3-6-10-17)21(33-24)18-11-7-4-8-12-18/h3-13,20-21H,14H2,1-2H3,(H2,25,32)(H,28,29,31). The van der Waals surface area contributed by atoms with Gasteiger partial charge in [-0.25, -0.2) is 19.8 Å². The zero-order valence-electron chi connectivity index (χ0n) is 18.3. The van der Waals surface area contributed by atoms with Gasteiger partial charge in [0.1, 0.15) is 12.6 Å². The van der Waals surface area contributed by atoms with Crippen LogP contribution in [0.4, 0.5) is 10.7 Å². The van der Waals surface area contributed by atoms with Crippen LogP contribution in [0.5, 0.6) is 0 Å². The first-order chi connectivity index (χ1) is 15.9. The molecular formula is C24H24N6O3. The number of primary amides is 1. The molecule has 2 aromatic carbocycles. The molecule has 2 unspecified atom stereocenters. The summed E-state index contributed by atoms with van der Waals surface area (Å²) >= 11 is 0. The Morgan fingerprint density at radius 3 is 2.12 bits per heavy atom. The molecule has 9 heteroatoms. The number of nitrogens with two attached hydrogens (primary N) is 1. The highest BCUT2D eigenvalue weighted by Gasteiger charge is 2.34. The van der Waals surface area contributed by atoms with Gasteiger partial charge in [0.05, 0.1) is 0 Å². The molecular weight excluding hydrogens is 420 g/mol. The summed E-state index contributed by atoms with van der Waals surface area (Å²) in [7, 11) is 0. The molecule has 0 fully saturated rings. The lowest BCUT2D eigenvalue weighted by molar-refractivity contribution is -0.118. The number of hydrogen-bond donors (Lipinski definition) is 2. The van der Waals surface area contributed by atoms with Crippen molar-refractivity contribution in [2.75, 3.05) is 11.4 Å². The monoisotopic (exact) mass is 444 g/mol. The average Bonchev–Trinajstić information content (AvgIpc) is 3.21. The Morgan fingerprint density at radius 2 is 1.55 bits per heavy atom. The minimum Gasteiger partial charge on any atom is -0.454 e. The summed E-state index contributed by atoms with van der Waals surface area (Å²) in [6.07, 6.45) is -0.404. The Labute approximate surface area is 191 Å². The number of benzene rings is 2. The summed E-state index contributed by atoms with van der Waals surface area (Å²) in [4.78, 5) is 38.8. The number of amides is 3. The van der Waals surface area contributed by atoms with E-state index in [1.807, 2.05) is 60.7 Å². The predicted molar refractivity (Wildman–Crippen MR) is 123 cm³/mol. The SMILES string of the molecule is Cc1cc(C)nc(N(CC(=O)NC2=NC(c3ccccc3)C(c3ccccc3)O2)C(N)=O)n1. The fraction of sp³-hybridized carbons (Fsp3) is 0.208. The van der Waals surface area contributed by atoms with Crippen LogP contribution in [0, 0.1) is 13.8 Å². The number of carbonyl (C=O) groups excluding carboxylic acids is 2. The van der Waals surface area contributed by atoms with Crippen molar-refractivity contribution in [3.05, 3.63) is 89.2 Å². The highest BCUT2D eigenvalue weighted by Crippen LogP contribution is 2.39. The molecule has 33 heavy (non-hydrogen) atoms. The number of hydrogen-bond acceptors (Lipinski definition) is 6. The van der Waals surface area contributed by atoms with Gasteiger partial charge in [0.25, 0.3) is 6.02 Å². The predicted octanol–water partition coefficient (Wildman–Crippen LogP) is 2.96. The van der Waals surface area contributed by atoms with Crippen LogP contribution < -0.4 is 16.0 Å². The van der Waals surface area contributed by atoms with E-state index in [1.54, 1.807) is 19.9 Å². The number of aryl methyl sites for hydroxylation is 2. The van der Waals surface area contributed by atoms with Crippen LogP contribution in [0.25, 0.3) is 0 Å². The second-order valence-electron chi connectivity index (χ2n) is 7.66. The van der Waals surface area contributed by atoms with Gasteiger partial charge in [-0.05, 0) is 31.0 Å². The van der Waals surface area contributed by atoms with E-state index in [-0.39, 0.29) is 24.6 Å². The van der Waals surface area contributed by atoms with Crippen LogP contribution >= 0.6 is 0 Å². The van der Waals surface area contributed by atoms with Gasteiger partial charge in [0.15, 0.2) is 6.10 Å². The summed E-state index contributed by atoms with van der Waals surface area (Å²) < 4.78 is 6.02. The molecule has 0 radical (unpaired) electrons. The third-order valence-electron chi connectivity index (χ3n) is 5.08. The molecule has 168 valence electrons. The number of nitrogens with one attached hydrogen (secondary N) is 1. The van der Waals surface area contributed by atoms with Gasteiger partial charge in [-0.3, -0.25) is 15.0 Å². The van der Waals surface area contributed by atoms with E-state index < -0.39 is 18.0 Å². The molecule has 0 saturated carbocycles. The molecule has 1 aromatic heterocycles. The number of anilines is 1. The Kier molecular flexibility index (Phi) is 6.30. The second-order valence-corrected chi connectivity index (χ2v) is 7.66. The molecule has 3 N–H and O–H groups in total. The molecule has 2 atom stereocenters. The summed E-state index contributed by atoms with van der Waals surface area (Å²) in [5, 5.41) is 2.65. The Morgan fingerprint density at radius 1 is 0.970 bits per heavy atom. The van der Waals surface area contributed by atoms with Crippen molar-refractivity contribution in [3.63, 3.8) is 0 Å². The topological polar surface area (TPSA) is 123 Å². The molecule has 3 aromatic rings. The van der Waals surface area contributed by atoms with Crippen LogP contribution in [0.3, 0.4) is 0 Å². The molecule has 0 bridgehead atoms. The minimum absolute atomic E-state index is 0.0637. The van der Waals surface area contributed by atoms with E-state index in [2.05, 4.69) is 20.3 Å². The normalized spacial score (nSPS) is 17.1. The van der Waals surface area contributed by atoms with Gasteiger partial charge in [-0.15, -0.1) is 0 Å². The maximum Gasteiger partial charge on any atom is 0.322 e. The van der Waals surface area contributed by atoms with Crippen molar-refractivity contribution in [1.29, 1.82) is 0 Å². The number of rotatable bonds is 5. The Bertz CT molecular complexity index is 1160. The van der Waals surface area contributed by atoms with Gasteiger partial charge in [-0.1, -0.05) is 60.7 Å². The molecule has 1 aliphatic heterocycles. The highest BCUT2D eigenvalue weighted by molar-refractivity contribution is 6.01. The van der Waals surface area contributed by atoms with E-state index >= 15 is 0 Å². The van der Waals surface area contributed by atoms with Crippen molar-refractivity contribution in [2.45, 2.75) is 26.0 Å². The molecule has 1 aliphatic rings. The first kappa shape index (κ1) is 21.9. The van der Waals surface area contributed by atoms with Crippen molar-refractivity contribution >= 4 is 23.9 Å². The van der Waals surface area contributed by atoms with Crippen molar-refractivity contribution < 1.29 is 14.3 Å². The summed E-state index contributed by atoms with van der Waals surface area (Å²) in [5.74, 6) is -0.468. The van der Waals surface area contributed by atoms with Crippen LogP contribution in [-0.2, 0) is 9.53 Å². The molecule has 4 rings (SSSR count). The zero-order valence-corrected chi connectivity index (χ0v) is 18.3. The molecule has 3 amide bonds. The number of aliphatic imine (C=N–C) groups is 1. The number of aromatic nitrogens is 2. The van der Waals surface area contributed by atoms with E-state index in [0.717, 1.165) is 16.0 Å². The number of amidine groups is 1. The lowest BCUT2D eigenvalue weighted by Crippen LogP contribution is -2.46. The largest absolute Gasteiger partial charge is 0.454 e. The first-order valence-electron chi connectivity index (χ1n) is 10.4. The van der Waals surface area contributed by atoms with Crippen LogP contribution in [0.2, 0.25) is 0 Å². The zero-order chi connectivity index (χ0) is 23.4. The quantitative estimate of drug-likeness (QED) is 0.626. The van der Waals surface area contributed by atoms with Crippen molar-refractivity contribution in [2.24, 2.45) is 10.7 Å². The van der Waals surface area contributed by atoms with Gasteiger partial charge >= 0.3 is 6.03 Å². The van der Waals surface area contributed by atoms with Crippen LogP contribution in [0.15, 0.2) is 71.7 Å². The Balaban J connectivity index is 1.53. The minimum atomic E-state index is -0.839. The van der Waals surface area contributed by atoms with Crippen molar-refractivity contribution in [1.82, 2.24) is 15.3 Å². The van der Waals surface area contributed by atoms with Crippen molar-refractivity contribution in [3.8, 4) is 0 Å². The van der Waals surface area contributed by atoms with Gasteiger partial charge in [-0.2, -0.15) is 0 Å².